The van der Waals surface area contributed by atoms with Crippen molar-refractivity contribution in [3.63, 3.8) is 0 Å². The van der Waals surface area contributed by atoms with Crippen LogP contribution in [0.3, 0.4) is 0 Å². The van der Waals surface area contributed by atoms with Crippen LogP contribution in [0.25, 0.3) is 0 Å². The van der Waals surface area contributed by atoms with Crippen LogP contribution < -0.4 is 4.74 Å². The summed E-state index contributed by atoms with van der Waals surface area (Å²) < 4.78 is 18.8. The molecule has 0 atom stereocenters. The molecule has 1 nitrogen and oxygen atoms in total. The van der Waals surface area contributed by atoms with E-state index >= 15 is 0 Å². The first-order valence-corrected chi connectivity index (χ1v) is 5.66. The van der Waals surface area contributed by atoms with Gasteiger partial charge in [0.25, 0.3) is 0 Å². The molecular weight excluding hydrogens is 239 g/mol. The van der Waals surface area contributed by atoms with Gasteiger partial charge in [0.15, 0.2) is 11.6 Å². The van der Waals surface area contributed by atoms with E-state index in [-0.39, 0.29) is 11.6 Å². The molecule has 88 valence electrons. The smallest absolute Gasteiger partial charge is 0.165 e. The molecule has 0 radical (unpaired) electrons. The molecule has 0 spiro atoms. The number of hydrogen-bond acceptors (Lipinski definition) is 1. The van der Waals surface area contributed by atoms with Crippen LogP contribution in [0.5, 0.6) is 5.75 Å². The molecule has 3 heteroatoms. The minimum Gasteiger partial charge on any atom is -0.486 e. The van der Waals surface area contributed by atoms with Crippen LogP contribution in [-0.4, -0.2) is 0 Å². The summed E-state index contributed by atoms with van der Waals surface area (Å²) in [5.41, 5.74) is 1.92. The van der Waals surface area contributed by atoms with E-state index < -0.39 is 0 Å². The molecule has 0 fully saturated rings. The fraction of sp³-hybridized carbons (Fsp3) is 0.143. The third-order valence-corrected chi connectivity index (χ3v) is 2.65. The van der Waals surface area contributed by atoms with E-state index in [9.17, 15) is 4.39 Å². The van der Waals surface area contributed by atoms with Gasteiger partial charge in [0.2, 0.25) is 0 Å². The molecule has 2 aromatic carbocycles. The van der Waals surface area contributed by atoms with Gasteiger partial charge in [-0.05, 0) is 42.3 Å². The average Bonchev–Trinajstić information content (AvgIpc) is 2.32. The Morgan fingerprint density at radius 2 is 1.82 bits per heavy atom. The highest BCUT2D eigenvalue weighted by Crippen LogP contribution is 2.20. The Balaban J connectivity index is 2.07. The third kappa shape index (κ3) is 3.21. The van der Waals surface area contributed by atoms with Gasteiger partial charge in [-0.2, -0.15) is 0 Å². The Bertz CT molecular complexity index is 508. The summed E-state index contributed by atoms with van der Waals surface area (Å²) >= 11 is 5.77. The Hall–Kier alpha value is -1.54. The number of aryl methyl sites for hydroxylation is 1. The van der Waals surface area contributed by atoms with E-state index in [0.29, 0.717) is 11.6 Å². The predicted octanol–water partition coefficient (Wildman–Crippen LogP) is 4.37. The minimum atomic E-state index is -0.343. The van der Waals surface area contributed by atoms with Crippen LogP contribution in [-0.2, 0) is 6.61 Å². The van der Waals surface area contributed by atoms with E-state index in [2.05, 4.69) is 0 Å². The molecule has 17 heavy (non-hydrogen) atoms. The molecule has 0 aliphatic rings. The average molecular weight is 251 g/mol. The summed E-state index contributed by atoms with van der Waals surface area (Å²) in [6.45, 7) is 2.23. The summed E-state index contributed by atoms with van der Waals surface area (Å²) in [5, 5.41) is 0.676. The highest BCUT2D eigenvalue weighted by Gasteiger charge is 2.03. The Kier molecular flexibility index (Phi) is 3.64. The topological polar surface area (TPSA) is 9.23 Å². The monoisotopic (exact) mass is 250 g/mol. The highest BCUT2D eigenvalue weighted by molar-refractivity contribution is 6.30. The molecule has 0 saturated carbocycles. The lowest BCUT2D eigenvalue weighted by molar-refractivity contribution is 0.290. The lowest BCUT2D eigenvalue weighted by atomic mass is 10.2. The Morgan fingerprint density at radius 1 is 1.12 bits per heavy atom. The molecule has 2 rings (SSSR count). The van der Waals surface area contributed by atoms with E-state index in [0.717, 1.165) is 11.1 Å². The molecule has 0 amide bonds. The fourth-order valence-electron chi connectivity index (χ4n) is 1.46. The number of halogens is 2. The summed E-state index contributed by atoms with van der Waals surface area (Å²) in [4.78, 5) is 0. The third-order valence-electron chi connectivity index (χ3n) is 2.39. The van der Waals surface area contributed by atoms with E-state index in [4.69, 9.17) is 16.3 Å². The standard InChI is InChI=1S/C14H12ClFO/c1-10-2-7-13(16)14(8-10)17-9-11-3-5-12(15)6-4-11/h2-8H,9H2,1H3. The summed E-state index contributed by atoms with van der Waals surface area (Å²) in [6, 6.07) is 12.1. The second kappa shape index (κ2) is 5.19. The van der Waals surface area contributed by atoms with Gasteiger partial charge in [-0.15, -0.1) is 0 Å². The molecule has 0 N–H and O–H groups in total. The molecule has 0 aliphatic heterocycles. The number of rotatable bonds is 3. The molecule has 0 heterocycles. The minimum absolute atomic E-state index is 0.278. The van der Waals surface area contributed by atoms with Crippen molar-refractivity contribution in [1.29, 1.82) is 0 Å². The number of benzene rings is 2. The molecule has 0 aliphatic carbocycles. The van der Waals surface area contributed by atoms with Crippen molar-refractivity contribution >= 4 is 11.6 Å². The van der Waals surface area contributed by atoms with Gasteiger partial charge in [0.05, 0.1) is 0 Å². The summed E-state index contributed by atoms with van der Waals surface area (Å²) in [7, 11) is 0. The maximum atomic E-state index is 13.4. The normalized spacial score (nSPS) is 10.3. The van der Waals surface area contributed by atoms with E-state index in [1.165, 1.54) is 6.07 Å². The number of hydrogen-bond donors (Lipinski definition) is 0. The van der Waals surface area contributed by atoms with Crippen molar-refractivity contribution < 1.29 is 9.13 Å². The lowest BCUT2D eigenvalue weighted by Crippen LogP contribution is -1.97. The van der Waals surface area contributed by atoms with Gasteiger partial charge in [0.1, 0.15) is 6.61 Å². The van der Waals surface area contributed by atoms with Crippen LogP contribution in [0.1, 0.15) is 11.1 Å². The molecular formula is C14H12ClFO. The zero-order chi connectivity index (χ0) is 12.3. The second-order valence-corrected chi connectivity index (χ2v) is 4.29. The van der Waals surface area contributed by atoms with Gasteiger partial charge in [-0.3, -0.25) is 0 Å². The fourth-order valence-corrected chi connectivity index (χ4v) is 1.59. The van der Waals surface area contributed by atoms with Crippen LogP contribution in [0.4, 0.5) is 4.39 Å². The first kappa shape index (κ1) is 11.9. The van der Waals surface area contributed by atoms with E-state index in [1.54, 1.807) is 24.3 Å². The predicted molar refractivity (Wildman–Crippen MR) is 66.9 cm³/mol. The van der Waals surface area contributed by atoms with Crippen molar-refractivity contribution in [3.05, 3.63) is 64.4 Å². The zero-order valence-electron chi connectivity index (χ0n) is 9.41. The molecule has 0 unspecified atom stereocenters. The van der Waals surface area contributed by atoms with Crippen molar-refractivity contribution in [1.82, 2.24) is 0 Å². The van der Waals surface area contributed by atoms with Crippen LogP contribution in [0.15, 0.2) is 42.5 Å². The Labute approximate surface area is 105 Å². The molecule has 0 bridgehead atoms. The molecule has 0 aromatic heterocycles. The first-order chi connectivity index (χ1) is 8.15. The zero-order valence-corrected chi connectivity index (χ0v) is 10.2. The SMILES string of the molecule is Cc1ccc(F)c(OCc2ccc(Cl)cc2)c1. The Morgan fingerprint density at radius 3 is 2.53 bits per heavy atom. The second-order valence-electron chi connectivity index (χ2n) is 3.85. The van der Waals surface area contributed by atoms with Gasteiger partial charge in [-0.1, -0.05) is 29.8 Å². The van der Waals surface area contributed by atoms with Crippen molar-refractivity contribution in [2.45, 2.75) is 13.5 Å². The highest BCUT2D eigenvalue weighted by atomic mass is 35.5. The largest absolute Gasteiger partial charge is 0.486 e. The van der Waals surface area contributed by atoms with E-state index in [1.807, 2.05) is 19.1 Å². The van der Waals surface area contributed by atoms with Gasteiger partial charge < -0.3 is 4.74 Å². The van der Waals surface area contributed by atoms with Crippen LogP contribution in [0, 0.1) is 12.7 Å². The van der Waals surface area contributed by atoms with Gasteiger partial charge >= 0.3 is 0 Å². The van der Waals surface area contributed by atoms with Crippen LogP contribution in [0.2, 0.25) is 5.02 Å². The molecule has 0 saturated heterocycles. The van der Waals surface area contributed by atoms with Gasteiger partial charge in [-0.25, -0.2) is 4.39 Å². The van der Waals surface area contributed by atoms with Gasteiger partial charge in [0, 0.05) is 5.02 Å². The summed E-state index contributed by atoms with van der Waals surface area (Å²) in [6.07, 6.45) is 0. The maximum Gasteiger partial charge on any atom is 0.165 e. The first-order valence-electron chi connectivity index (χ1n) is 5.28. The molecule has 2 aromatic rings. The quantitative estimate of drug-likeness (QED) is 0.786. The van der Waals surface area contributed by atoms with Crippen molar-refractivity contribution in [2.24, 2.45) is 0 Å². The van der Waals surface area contributed by atoms with Crippen LogP contribution >= 0.6 is 11.6 Å². The number of ether oxygens (including phenoxy) is 1. The van der Waals surface area contributed by atoms with Crippen molar-refractivity contribution in [3.8, 4) is 5.75 Å². The summed E-state index contributed by atoms with van der Waals surface area (Å²) in [5.74, 6) is -0.0653. The van der Waals surface area contributed by atoms with Crippen molar-refractivity contribution in [2.75, 3.05) is 0 Å². The maximum absolute atomic E-state index is 13.4. The lowest BCUT2D eigenvalue weighted by Gasteiger charge is -2.08.